The predicted octanol–water partition coefficient (Wildman–Crippen LogP) is 2.27. The number of nitriles is 1. The summed E-state index contributed by atoms with van der Waals surface area (Å²) in [5, 5.41) is 18.2. The molecule has 110 valence electrons. The van der Waals surface area contributed by atoms with Gasteiger partial charge in [-0.15, -0.1) is 0 Å². The van der Waals surface area contributed by atoms with E-state index in [4.69, 9.17) is 5.26 Å². The maximum absolute atomic E-state index is 12.6. The highest BCUT2D eigenvalue weighted by molar-refractivity contribution is 5.97. The zero-order valence-electron chi connectivity index (χ0n) is 12.1. The van der Waals surface area contributed by atoms with Gasteiger partial charge in [-0.2, -0.15) is 5.26 Å². The molecule has 0 aliphatic heterocycles. The van der Waals surface area contributed by atoms with Gasteiger partial charge in [0, 0.05) is 12.7 Å². The number of carboxylic acids is 1. The third kappa shape index (κ3) is 3.05. The first kappa shape index (κ1) is 15.0. The van der Waals surface area contributed by atoms with Crippen LogP contribution in [-0.4, -0.2) is 24.0 Å². The van der Waals surface area contributed by atoms with Crippen LogP contribution >= 0.6 is 0 Å². The molecule has 1 aliphatic carbocycles. The van der Waals surface area contributed by atoms with Crippen LogP contribution in [0.3, 0.4) is 0 Å². The molecule has 5 nitrogen and oxygen atoms in total. The topological polar surface area (TPSA) is 81.4 Å². The van der Waals surface area contributed by atoms with E-state index in [0.717, 1.165) is 0 Å². The number of nitrogens with zero attached hydrogens (tertiary/aromatic N) is 2. The van der Waals surface area contributed by atoms with Crippen LogP contribution in [0.4, 0.5) is 5.69 Å². The SMILES string of the molecule is CC1C[C@H](C(=O)N(C)c2cccc(C#N)c2)[C@H](C(=O)O)C1. The Morgan fingerprint density at radius 1 is 1.33 bits per heavy atom. The Morgan fingerprint density at radius 3 is 2.62 bits per heavy atom. The van der Waals surface area contributed by atoms with Crippen LogP contribution in [0, 0.1) is 29.1 Å². The van der Waals surface area contributed by atoms with Crippen LogP contribution in [0.5, 0.6) is 0 Å². The standard InChI is InChI=1S/C16H18N2O3/c1-10-6-13(14(7-10)16(20)21)15(19)18(2)12-5-3-4-11(8-12)9-17/h3-5,8,10,13-14H,6-7H2,1-2H3,(H,20,21)/t10?,13-,14+/m0/s1. The second-order valence-corrected chi connectivity index (χ2v) is 5.69. The molecule has 1 aromatic rings. The average Bonchev–Trinajstić information content (AvgIpc) is 2.88. The molecule has 5 heteroatoms. The van der Waals surface area contributed by atoms with Gasteiger partial charge in [-0.05, 0) is 37.0 Å². The van der Waals surface area contributed by atoms with Crippen LogP contribution in [0.25, 0.3) is 0 Å². The van der Waals surface area contributed by atoms with Gasteiger partial charge in [-0.25, -0.2) is 0 Å². The third-order valence-electron chi connectivity index (χ3n) is 4.13. The molecule has 0 spiro atoms. The third-order valence-corrected chi connectivity index (χ3v) is 4.13. The van der Waals surface area contributed by atoms with Crippen molar-refractivity contribution in [1.29, 1.82) is 5.26 Å². The number of hydrogen-bond acceptors (Lipinski definition) is 3. The predicted molar refractivity (Wildman–Crippen MR) is 77.6 cm³/mol. The van der Waals surface area contributed by atoms with E-state index >= 15 is 0 Å². The molecule has 1 aromatic carbocycles. The van der Waals surface area contributed by atoms with E-state index in [0.29, 0.717) is 24.1 Å². The number of benzene rings is 1. The number of carbonyl (C=O) groups excluding carboxylic acids is 1. The molecule has 0 saturated heterocycles. The molecular formula is C16H18N2O3. The van der Waals surface area contributed by atoms with Crippen molar-refractivity contribution >= 4 is 17.6 Å². The van der Waals surface area contributed by atoms with Gasteiger partial charge in [-0.1, -0.05) is 13.0 Å². The maximum Gasteiger partial charge on any atom is 0.307 e. The summed E-state index contributed by atoms with van der Waals surface area (Å²) >= 11 is 0. The number of hydrogen-bond donors (Lipinski definition) is 1. The fourth-order valence-electron chi connectivity index (χ4n) is 3.00. The van der Waals surface area contributed by atoms with Crippen molar-refractivity contribution in [2.45, 2.75) is 19.8 Å². The van der Waals surface area contributed by atoms with Gasteiger partial charge in [-0.3, -0.25) is 9.59 Å². The van der Waals surface area contributed by atoms with Crippen molar-refractivity contribution in [3.8, 4) is 6.07 Å². The number of carboxylic acid groups (broad SMARTS) is 1. The minimum atomic E-state index is -0.906. The van der Waals surface area contributed by atoms with Gasteiger partial charge in [0.05, 0.1) is 23.5 Å². The van der Waals surface area contributed by atoms with E-state index in [1.807, 2.05) is 13.0 Å². The van der Waals surface area contributed by atoms with Crippen molar-refractivity contribution in [2.24, 2.45) is 17.8 Å². The second kappa shape index (κ2) is 5.96. The second-order valence-electron chi connectivity index (χ2n) is 5.69. The smallest absolute Gasteiger partial charge is 0.307 e. The molecular weight excluding hydrogens is 268 g/mol. The first-order valence-corrected chi connectivity index (χ1v) is 6.94. The Hall–Kier alpha value is -2.35. The zero-order chi connectivity index (χ0) is 15.6. The van der Waals surface area contributed by atoms with Crippen molar-refractivity contribution in [3.63, 3.8) is 0 Å². The van der Waals surface area contributed by atoms with Gasteiger partial charge >= 0.3 is 5.97 Å². The summed E-state index contributed by atoms with van der Waals surface area (Å²) in [6, 6.07) is 8.78. The first-order chi connectivity index (χ1) is 9.93. The summed E-state index contributed by atoms with van der Waals surface area (Å²) in [6.45, 7) is 1.97. The normalized spacial score (nSPS) is 24.3. The molecule has 1 N–H and O–H groups in total. The van der Waals surface area contributed by atoms with E-state index in [2.05, 4.69) is 0 Å². The Bertz CT molecular complexity index is 606. The lowest BCUT2D eigenvalue weighted by atomic mass is 9.94. The number of amides is 1. The van der Waals surface area contributed by atoms with Crippen LogP contribution in [-0.2, 0) is 9.59 Å². The fraction of sp³-hybridized carbons (Fsp3) is 0.438. The van der Waals surface area contributed by atoms with Crippen LogP contribution in [0.1, 0.15) is 25.3 Å². The molecule has 3 atom stereocenters. The lowest BCUT2D eigenvalue weighted by molar-refractivity contribution is -0.145. The number of anilines is 1. The summed E-state index contributed by atoms with van der Waals surface area (Å²) in [7, 11) is 1.63. The molecule has 0 bridgehead atoms. The quantitative estimate of drug-likeness (QED) is 0.924. The number of carbonyl (C=O) groups is 2. The molecule has 1 amide bonds. The van der Waals surface area contributed by atoms with Gasteiger partial charge < -0.3 is 10.0 Å². The van der Waals surface area contributed by atoms with Crippen molar-refractivity contribution in [2.75, 3.05) is 11.9 Å². The molecule has 2 rings (SSSR count). The van der Waals surface area contributed by atoms with Gasteiger partial charge in [0.1, 0.15) is 0 Å². The Labute approximate surface area is 123 Å². The van der Waals surface area contributed by atoms with Crippen molar-refractivity contribution < 1.29 is 14.7 Å². The highest BCUT2D eigenvalue weighted by Crippen LogP contribution is 2.38. The largest absolute Gasteiger partial charge is 0.481 e. The van der Waals surface area contributed by atoms with Gasteiger partial charge in [0.25, 0.3) is 0 Å². The van der Waals surface area contributed by atoms with Crippen LogP contribution in [0.2, 0.25) is 0 Å². The lowest BCUT2D eigenvalue weighted by Gasteiger charge is -2.23. The number of aliphatic carboxylic acids is 1. The molecule has 0 radical (unpaired) electrons. The van der Waals surface area contributed by atoms with E-state index in [1.54, 1.807) is 31.3 Å². The first-order valence-electron chi connectivity index (χ1n) is 6.94. The van der Waals surface area contributed by atoms with Crippen molar-refractivity contribution in [1.82, 2.24) is 0 Å². The molecule has 1 unspecified atom stereocenters. The Balaban J connectivity index is 2.22. The Kier molecular flexibility index (Phi) is 4.27. The van der Waals surface area contributed by atoms with E-state index in [-0.39, 0.29) is 11.8 Å². The summed E-state index contributed by atoms with van der Waals surface area (Å²) in [5.74, 6) is -1.97. The maximum atomic E-state index is 12.6. The van der Waals surface area contributed by atoms with Crippen LogP contribution < -0.4 is 4.90 Å². The van der Waals surface area contributed by atoms with E-state index < -0.39 is 17.8 Å². The highest BCUT2D eigenvalue weighted by atomic mass is 16.4. The van der Waals surface area contributed by atoms with Gasteiger partial charge in [0.2, 0.25) is 5.91 Å². The lowest BCUT2D eigenvalue weighted by Crippen LogP contribution is -2.36. The fourth-order valence-corrected chi connectivity index (χ4v) is 3.00. The molecule has 0 aromatic heterocycles. The molecule has 1 fully saturated rings. The summed E-state index contributed by atoms with van der Waals surface area (Å²) in [6.07, 6.45) is 1.13. The summed E-state index contributed by atoms with van der Waals surface area (Å²) in [4.78, 5) is 25.4. The molecule has 0 heterocycles. The molecule has 1 saturated carbocycles. The minimum absolute atomic E-state index is 0.193. The summed E-state index contributed by atoms with van der Waals surface area (Å²) < 4.78 is 0. The minimum Gasteiger partial charge on any atom is -0.481 e. The molecule has 1 aliphatic rings. The number of rotatable bonds is 3. The van der Waals surface area contributed by atoms with Gasteiger partial charge in [0.15, 0.2) is 0 Å². The average molecular weight is 286 g/mol. The van der Waals surface area contributed by atoms with Crippen LogP contribution in [0.15, 0.2) is 24.3 Å². The monoisotopic (exact) mass is 286 g/mol. The highest BCUT2D eigenvalue weighted by Gasteiger charge is 2.42. The summed E-state index contributed by atoms with van der Waals surface area (Å²) in [5.41, 5.74) is 1.09. The molecule has 21 heavy (non-hydrogen) atoms. The Morgan fingerprint density at radius 2 is 2.00 bits per heavy atom. The zero-order valence-corrected chi connectivity index (χ0v) is 12.1. The van der Waals surface area contributed by atoms with E-state index in [1.165, 1.54) is 4.90 Å². The van der Waals surface area contributed by atoms with Crippen molar-refractivity contribution in [3.05, 3.63) is 29.8 Å². The van der Waals surface area contributed by atoms with E-state index in [9.17, 15) is 14.7 Å².